The number of benzene rings is 2. The molecule has 0 bridgehead atoms. The minimum absolute atomic E-state index is 0.201. The van der Waals surface area contributed by atoms with Crippen LogP contribution in [0, 0.1) is 12.7 Å². The summed E-state index contributed by atoms with van der Waals surface area (Å²) in [6, 6.07) is 16.0. The first-order valence-corrected chi connectivity index (χ1v) is 8.93. The summed E-state index contributed by atoms with van der Waals surface area (Å²) in [6.07, 6.45) is 2.30. The molecule has 1 aliphatic heterocycles. The first kappa shape index (κ1) is 16.6. The Balaban J connectivity index is 1.89. The Morgan fingerprint density at radius 3 is 2.54 bits per heavy atom. The standard InChI is InChI=1S/C22H21FN2O/c1-15-7-8-21(26)19(11-15)20-13-17(16-5-4-6-18(23)12-16)14-22(24-20)25-9-2-3-10-25/h4-8,11-14,26H,2-3,9-10H2,1H3. The number of phenols is 1. The van der Waals surface area contributed by atoms with Gasteiger partial charge in [-0.15, -0.1) is 0 Å². The van der Waals surface area contributed by atoms with Gasteiger partial charge in [0.05, 0.1) is 5.69 Å². The van der Waals surface area contributed by atoms with Gasteiger partial charge in [0.1, 0.15) is 17.4 Å². The summed E-state index contributed by atoms with van der Waals surface area (Å²) in [4.78, 5) is 7.06. The van der Waals surface area contributed by atoms with Gasteiger partial charge in [-0.2, -0.15) is 0 Å². The van der Waals surface area contributed by atoms with Crippen molar-refractivity contribution in [3.8, 4) is 28.1 Å². The molecular formula is C22H21FN2O. The quantitative estimate of drug-likeness (QED) is 0.709. The maximum Gasteiger partial charge on any atom is 0.129 e. The molecule has 0 unspecified atom stereocenters. The molecule has 132 valence electrons. The molecule has 0 spiro atoms. The molecule has 1 aromatic heterocycles. The number of aryl methyl sites for hydroxylation is 1. The Morgan fingerprint density at radius 2 is 1.77 bits per heavy atom. The molecule has 3 nitrogen and oxygen atoms in total. The van der Waals surface area contributed by atoms with Crippen molar-refractivity contribution in [1.82, 2.24) is 4.98 Å². The summed E-state index contributed by atoms with van der Waals surface area (Å²) in [6.45, 7) is 3.93. The summed E-state index contributed by atoms with van der Waals surface area (Å²) >= 11 is 0. The Bertz CT molecular complexity index is 949. The molecule has 0 amide bonds. The van der Waals surface area contributed by atoms with Gasteiger partial charge >= 0.3 is 0 Å². The third-order valence-corrected chi connectivity index (χ3v) is 4.83. The van der Waals surface area contributed by atoms with Gasteiger partial charge in [-0.1, -0.05) is 23.8 Å². The number of rotatable bonds is 3. The number of nitrogens with zero attached hydrogens (tertiary/aromatic N) is 2. The van der Waals surface area contributed by atoms with Crippen molar-refractivity contribution in [3.63, 3.8) is 0 Å². The van der Waals surface area contributed by atoms with Crippen LogP contribution in [-0.2, 0) is 0 Å². The van der Waals surface area contributed by atoms with Crippen molar-refractivity contribution >= 4 is 5.82 Å². The zero-order valence-electron chi connectivity index (χ0n) is 14.7. The smallest absolute Gasteiger partial charge is 0.129 e. The Labute approximate surface area is 152 Å². The van der Waals surface area contributed by atoms with Crippen molar-refractivity contribution in [1.29, 1.82) is 0 Å². The summed E-state index contributed by atoms with van der Waals surface area (Å²) < 4.78 is 13.7. The molecule has 26 heavy (non-hydrogen) atoms. The topological polar surface area (TPSA) is 36.4 Å². The zero-order chi connectivity index (χ0) is 18.1. The van der Waals surface area contributed by atoms with Crippen molar-refractivity contribution in [3.05, 3.63) is 66.0 Å². The minimum atomic E-state index is -0.262. The van der Waals surface area contributed by atoms with Crippen LogP contribution in [0.1, 0.15) is 18.4 Å². The molecule has 0 aliphatic carbocycles. The van der Waals surface area contributed by atoms with E-state index in [2.05, 4.69) is 4.90 Å². The average molecular weight is 348 g/mol. The van der Waals surface area contributed by atoms with Crippen molar-refractivity contribution in [2.75, 3.05) is 18.0 Å². The second-order valence-electron chi connectivity index (χ2n) is 6.82. The van der Waals surface area contributed by atoms with Crippen LogP contribution in [0.3, 0.4) is 0 Å². The fraction of sp³-hybridized carbons (Fsp3) is 0.227. The molecule has 1 N–H and O–H groups in total. The predicted molar refractivity (Wildman–Crippen MR) is 103 cm³/mol. The second kappa shape index (κ2) is 6.79. The molecule has 4 heteroatoms. The normalized spacial score (nSPS) is 14.0. The molecule has 1 saturated heterocycles. The van der Waals surface area contributed by atoms with E-state index in [9.17, 15) is 9.50 Å². The van der Waals surface area contributed by atoms with Crippen molar-refractivity contribution < 1.29 is 9.50 Å². The van der Waals surface area contributed by atoms with Crippen LogP contribution in [0.15, 0.2) is 54.6 Å². The number of hydrogen-bond donors (Lipinski definition) is 1. The van der Waals surface area contributed by atoms with E-state index in [0.29, 0.717) is 11.3 Å². The predicted octanol–water partition coefficient (Wildman–Crippen LogP) is 5.17. The molecule has 3 aromatic rings. The highest BCUT2D eigenvalue weighted by Crippen LogP contribution is 2.34. The van der Waals surface area contributed by atoms with E-state index in [1.807, 2.05) is 37.3 Å². The van der Waals surface area contributed by atoms with E-state index in [0.717, 1.165) is 48.4 Å². The third-order valence-electron chi connectivity index (χ3n) is 4.83. The fourth-order valence-corrected chi connectivity index (χ4v) is 3.45. The van der Waals surface area contributed by atoms with Gasteiger partial charge in [-0.25, -0.2) is 9.37 Å². The van der Waals surface area contributed by atoms with Crippen LogP contribution in [0.5, 0.6) is 5.75 Å². The van der Waals surface area contributed by atoms with E-state index in [4.69, 9.17) is 4.98 Å². The Morgan fingerprint density at radius 1 is 0.962 bits per heavy atom. The number of aromatic hydroxyl groups is 1. The van der Waals surface area contributed by atoms with Gasteiger partial charge in [0.2, 0.25) is 0 Å². The minimum Gasteiger partial charge on any atom is -0.507 e. The summed E-state index contributed by atoms with van der Waals surface area (Å²) in [5.41, 5.74) is 4.16. The van der Waals surface area contributed by atoms with E-state index < -0.39 is 0 Å². The molecular weight excluding hydrogens is 327 g/mol. The summed E-state index contributed by atoms with van der Waals surface area (Å²) in [7, 11) is 0. The monoisotopic (exact) mass is 348 g/mol. The second-order valence-corrected chi connectivity index (χ2v) is 6.82. The SMILES string of the molecule is Cc1ccc(O)c(-c2cc(-c3cccc(F)c3)cc(N3CCCC3)n2)c1. The maximum atomic E-state index is 13.7. The zero-order valence-corrected chi connectivity index (χ0v) is 14.7. The lowest BCUT2D eigenvalue weighted by molar-refractivity contribution is 0.477. The molecule has 2 aromatic carbocycles. The largest absolute Gasteiger partial charge is 0.507 e. The average Bonchev–Trinajstić information content (AvgIpc) is 3.18. The number of aromatic nitrogens is 1. The first-order chi connectivity index (χ1) is 12.6. The number of phenolic OH excluding ortho intramolecular Hbond substituents is 1. The lowest BCUT2D eigenvalue weighted by Crippen LogP contribution is -2.19. The maximum absolute atomic E-state index is 13.7. The van der Waals surface area contributed by atoms with Crippen LogP contribution in [0.2, 0.25) is 0 Å². The van der Waals surface area contributed by atoms with E-state index in [1.54, 1.807) is 12.1 Å². The van der Waals surface area contributed by atoms with E-state index >= 15 is 0 Å². The number of pyridine rings is 1. The Kier molecular flexibility index (Phi) is 4.33. The third kappa shape index (κ3) is 3.27. The van der Waals surface area contributed by atoms with Gasteiger partial charge in [-0.05, 0) is 67.3 Å². The summed E-state index contributed by atoms with van der Waals surface area (Å²) in [5, 5.41) is 10.3. The highest BCUT2D eigenvalue weighted by molar-refractivity contribution is 5.77. The van der Waals surface area contributed by atoms with E-state index in [1.165, 1.54) is 12.1 Å². The highest BCUT2D eigenvalue weighted by Gasteiger charge is 2.17. The molecule has 1 aliphatic rings. The summed E-state index contributed by atoms with van der Waals surface area (Å²) in [5.74, 6) is 0.814. The molecule has 1 fully saturated rings. The number of anilines is 1. The fourth-order valence-electron chi connectivity index (χ4n) is 3.45. The highest BCUT2D eigenvalue weighted by atomic mass is 19.1. The van der Waals surface area contributed by atoms with Crippen molar-refractivity contribution in [2.24, 2.45) is 0 Å². The van der Waals surface area contributed by atoms with Gasteiger partial charge in [-0.3, -0.25) is 0 Å². The van der Waals surface area contributed by atoms with Gasteiger partial charge < -0.3 is 10.0 Å². The molecule has 0 radical (unpaired) electrons. The Hall–Kier alpha value is -2.88. The van der Waals surface area contributed by atoms with Crippen LogP contribution < -0.4 is 4.90 Å². The van der Waals surface area contributed by atoms with Gasteiger partial charge in [0.15, 0.2) is 0 Å². The lowest BCUT2D eigenvalue weighted by Gasteiger charge is -2.19. The van der Waals surface area contributed by atoms with E-state index in [-0.39, 0.29) is 11.6 Å². The molecule has 0 saturated carbocycles. The first-order valence-electron chi connectivity index (χ1n) is 8.93. The van der Waals surface area contributed by atoms with Gasteiger partial charge in [0.25, 0.3) is 0 Å². The number of hydrogen-bond acceptors (Lipinski definition) is 3. The van der Waals surface area contributed by atoms with Crippen LogP contribution >= 0.6 is 0 Å². The number of halogens is 1. The van der Waals surface area contributed by atoms with Crippen LogP contribution in [0.4, 0.5) is 10.2 Å². The lowest BCUT2D eigenvalue weighted by atomic mass is 10.0. The van der Waals surface area contributed by atoms with Gasteiger partial charge in [0, 0.05) is 18.7 Å². The van der Waals surface area contributed by atoms with Crippen LogP contribution in [-0.4, -0.2) is 23.2 Å². The van der Waals surface area contributed by atoms with Crippen molar-refractivity contribution in [2.45, 2.75) is 19.8 Å². The van der Waals surface area contributed by atoms with Crippen LogP contribution in [0.25, 0.3) is 22.4 Å². The molecule has 2 heterocycles. The molecule has 4 rings (SSSR count). The molecule has 0 atom stereocenters.